The fourth-order valence-electron chi connectivity index (χ4n) is 3.32. The van der Waals surface area contributed by atoms with Crippen LogP contribution >= 0.6 is 0 Å². The van der Waals surface area contributed by atoms with E-state index in [1.165, 1.54) is 5.56 Å². The summed E-state index contributed by atoms with van der Waals surface area (Å²) in [5.74, 6) is 0.933. The average Bonchev–Trinajstić information content (AvgIpc) is 2.95. The monoisotopic (exact) mass is 321 g/mol. The number of hydrogen-bond donors (Lipinski definition) is 1. The first-order chi connectivity index (χ1) is 11.8. The van der Waals surface area contributed by atoms with Gasteiger partial charge in [-0.05, 0) is 50.7 Å². The minimum Gasteiger partial charge on any atom is -0.353 e. The number of nitrogens with one attached hydrogen (secondary N) is 1. The molecule has 1 saturated heterocycles. The molecule has 0 amide bonds. The van der Waals surface area contributed by atoms with Gasteiger partial charge < -0.3 is 10.2 Å². The Balaban J connectivity index is 1.65. The molecule has 1 aromatic carbocycles. The number of benzene rings is 1. The second kappa shape index (κ2) is 6.61. The molecular formula is C19H23N5. The molecule has 4 rings (SSSR count). The predicted octanol–water partition coefficient (Wildman–Crippen LogP) is 2.99. The van der Waals surface area contributed by atoms with E-state index in [1.807, 2.05) is 24.4 Å². The van der Waals surface area contributed by atoms with Crippen molar-refractivity contribution in [1.82, 2.24) is 19.4 Å². The number of rotatable bonds is 4. The van der Waals surface area contributed by atoms with Crippen LogP contribution in [0.2, 0.25) is 0 Å². The lowest BCUT2D eigenvalue weighted by molar-refractivity contribution is 0.263. The minimum absolute atomic E-state index is 0.479. The Hall–Kier alpha value is -2.40. The Morgan fingerprint density at radius 2 is 1.88 bits per heavy atom. The smallest absolute Gasteiger partial charge is 0.205 e. The molecule has 0 spiro atoms. The van der Waals surface area contributed by atoms with Crippen LogP contribution in [0.4, 0.5) is 5.95 Å². The Bertz CT molecular complexity index is 803. The molecule has 0 atom stereocenters. The van der Waals surface area contributed by atoms with Gasteiger partial charge in [0.25, 0.3) is 0 Å². The van der Waals surface area contributed by atoms with Gasteiger partial charge in [-0.15, -0.1) is 0 Å². The van der Waals surface area contributed by atoms with Crippen molar-refractivity contribution in [3.05, 3.63) is 54.2 Å². The molecular weight excluding hydrogens is 298 g/mol. The summed E-state index contributed by atoms with van der Waals surface area (Å²) in [6.45, 7) is 3.05. The van der Waals surface area contributed by atoms with E-state index >= 15 is 0 Å². The number of anilines is 1. The Morgan fingerprint density at radius 3 is 2.67 bits per heavy atom. The molecule has 3 aromatic rings. The molecule has 0 radical (unpaired) electrons. The van der Waals surface area contributed by atoms with Crippen molar-refractivity contribution in [3.63, 3.8) is 0 Å². The highest BCUT2D eigenvalue weighted by molar-refractivity contribution is 5.74. The summed E-state index contributed by atoms with van der Waals surface area (Å²) in [6.07, 6.45) is 4.14. The molecule has 2 aromatic heterocycles. The third kappa shape index (κ3) is 3.12. The lowest BCUT2D eigenvalue weighted by Gasteiger charge is -2.29. The lowest BCUT2D eigenvalue weighted by atomic mass is 10.1. The van der Waals surface area contributed by atoms with Gasteiger partial charge in [0.05, 0.1) is 6.54 Å². The fourth-order valence-corrected chi connectivity index (χ4v) is 3.32. The molecule has 1 aliphatic heterocycles. The first-order valence-electron chi connectivity index (χ1n) is 8.60. The highest BCUT2D eigenvalue weighted by Crippen LogP contribution is 2.22. The van der Waals surface area contributed by atoms with Gasteiger partial charge in [0.15, 0.2) is 5.65 Å². The van der Waals surface area contributed by atoms with Crippen molar-refractivity contribution in [2.24, 2.45) is 0 Å². The highest BCUT2D eigenvalue weighted by Gasteiger charge is 2.20. The summed E-state index contributed by atoms with van der Waals surface area (Å²) in [7, 11) is 2.19. The highest BCUT2D eigenvalue weighted by atomic mass is 15.2. The quantitative estimate of drug-likeness (QED) is 0.802. The number of nitrogens with zero attached hydrogens (tertiary/aromatic N) is 4. The van der Waals surface area contributed by atoms with Crippen LogP contribution in [0.15, 0.2) is 48.7 Å². The van der Waals surface area contributed by atoms with Gasteiger partial charge in [-0.25, -0.2) is 9.97 Å². The number of aromatic nitrogens is 3. The molecule has 0 bridgehead atoms. The van der Waals surface area contributed by atoms with E-state index < -0.39 is 0 Å². The second-order valence-electron chi connectivity index (χ2n) is 6.58. The van der Waals surface area contributed by atoms with E-state index in [9.17, 15) is 0 Å². The maximum absolute atomic E-state index is 4.80. The van der Waals surface area contributed by atoms with E-state index in [-0.39, 0.29) is 0 Å². The van der Waals surface area contributed by atoms with Crippen molar-refractivity contribution >= 4 is 17.1 Å². The zero-order valence-corrected chi connectivity index (χ0v) is 14.0. The maximum Gasteiger partial charge on any atom is 0.205 e. The summed E-state index contributed by atoms with van der Waals surface area (Å²) in [6, 6.07) is 14.9. The molecule has 0 aliphatic carbocycles. The van der Waals surface area contributed by atoms with Gasteiger partial charge in [-0.1, -0.05) is 30.3 Å². The largest absolute Gasteiger partial charge is 0.353 e. The van der Waals surface area contributed by atoms with E-state index in [0.717, 1.165) is 49.6 Å². The number of imidazole rings is 1. The van der Waals surface area contributed by atoms with E-state index in [0.29, 0.717) is 6.04 Å². The zero-order chi connectivity index (χ0) is 16.4. The molecule has 1 fully saturated rings. The molecule has 1 aliphatic rings. The molecule has 0 saturated carbocycles. The number of hydrogen-bond acceptors (Lipinski definition) is 4. The molecule has 1 N–H and O–H groups in total. The van der Waals surface area contributed by atoms with Gasteiger partial charge >= 0.3 is 0 Å². The van der Waals surface area contributed by atoms with E-state index in [1.54, 1.807) is 0 Å². The standard InChI is InChI=1S/C19H23N5/c1-23-12-9-16(10-13-23)21-19-22-17-8-5-11-20-18(17)24(19)14-15-6-3-2-4-7-15/h2-8,11,16H,9-10,12-14H2,1H3,(H,21,22). The second-order valence-corrected chi connectivity index (χ2v) is 6.58. The lowest BCUT2D eigenvalue weighted by Crippen LogP contribution is -2.37. The van der Waals surface area contributed by atoms with Crippen molar-refractivity contribution in [2.45, 2.75) is 25.4 Å². The minimum atomic E-state index is 0.479. The van der Waals surface area contributed by atoms with Gasteiger partial charge in [0.1, 0.15) is 5.52 Å². The van der Waals surface area contributed by atoms with Gasteiger partial charge in [-0.3, -0.25) is 4.57 Å². The van der Waals surface area contributed by atoms with Crippen LogP contribution in [0.3, 0.4) is 0 Å². The normalized spacial score (nSPS) is 16.5. The number of likely N-dealkylation sites (tertiary alicyclic amines) is 1. The summed E-state index contributed by atoms with van der Waals surface area (Å²) >= 11 is 0. The Morgan fingerprint density at radius 1 is 1.08 bits per heavy atom. The van der Waals surface area contributed by atoms with Crippen molar-refractivity contribution in [3.8, 4) is 0 Å². The van der Waals surface area contributed by atoms with Gasteiger partial charge in [0, 0.05) is 12.2 Å². The summed E-state index contributed by atoms with van der Waals surface area (Å²) in [5.41, 5.74) is 3.15. The average molecular weight is 321 g/mol. The van der Waals surface area contributed by atoms with Crippen LogP contribution in [0, 0.1) is 0 Å². The molecule has 24 heavy (non-hydrogen) atoms. The molecule has 5 nitrogen and oxygen atoms in total. The van der Waals surface area contributed by atoms with Crippen LogP contribution in [0.5, 0.6) is 0 Å². The number of fused-ring (bicyclic) bond motifs is 1. The van der Waals surface area contributed by atoms with E-state index in [2.05, 4.69) is 51.1 Å². The van der Waals surface area contributed by atoms with Crippen LogP contribution in [0.25, 0.3) is 11.2 Å². The molecule has 124 valence electrons. The zero-order valence-electron chi connectivity index (χ0n) is 14.0. The van der Waals surface area contributed by atoms with Crippen molar-refractivity contribution < 1.29 is 0 Å². The number of piperidine rings is 1. The third-order valence-electron chi connectivity index (χ3n) is 4.74. The van der Waals surface area contributed by atoms with E-state index in [4.69, 9.17) is 4.98 Å². The van der Waals surface area contributed by atoms with Gasteiger partial charge in [0.2, 0.25) is 5.95 Å². The van der Waals surface area contributed by atoms with Crippen LogP contribution in [0.1, 0.15) is 18.4 Å². The molecule has 5 heteroatoms. The van der Waals surface area contributed by atoms with Crippen LogP contribution in [-0.2, 0) is 6.54 Å². The molecule has 0 unspecified atom stereocenters. The number of pyridine rings is 1. The third-order valence-corrected chi connectivity index (χ3v) is 4.74. The first-order valence-corrected chi connectivity index (χ1v) is 8.60. The summed E-state index contributed by atoms with van der Waals surface area (Å²) in [5, 5.41) is 3.66. The molecule has 3 heterocycles. The van der Waals surface area contributed by atoms with Crippen LogP contribution in [-0.4, -0.2) is 45.6 Å². The Kier molecular flexibility index (Phi) is 4.17. The first kappa shape index (κ1) is 15.1. The van der Waals surface area contributed by atoms with Crippen molar-refractivity contribution in [2.75, 3.05) is 25.5 Å². The van der Waals surface area contributed by atoms with Crippen molar-refractivity contribution in [1.29, 1.82) is 0 Å². The predicted molar refractivity (Wildman–Crippen MR) is 97.2 cm³/mol. The summed E-state index contributed by atoms with van der Waals surface area (Å²) in [4.78, 5) is 11.7. The SMILES string of the molecule is CN1CCC(Nc2nc3cccnc3n2Cc2ccccc2)CC1. The topological polar surface area (TPSA) is 46.0 Å². The fraction of sp³-hybridized carbons (Fsp3) is 0.368. The summed E-state index contributed by atoms with van der Waals surface area (Å²) < 4.78 is 2.20. The van der Waals surface area contributed by atoms with Crippen LogP contribution < -0.4 is 5.32 Å². The van der Waals surface area contributed by atoms with Gasteiger partial charge in [-0.2, -0.15) is 0 Å². The maximum atomic E-state index is 4.80. The Labute approximate surface area is 142 Å².